The van der Waals surface area contributed by atoms with Crippen LogP contribution in [0.3, 0.4) is 0 Å². The molecule has 0 aromatic carbocycles. The third-order valence-electron chi connectivity index (χ3n) is 2.03. The van der Waals surface area contributed by atoms with E-state index in [1.807, 2.05) is 11.5 Å². The second-order valence-electron chi connectivity index (χ2n) is 2.97. The van der Waals surface area contributed by atoms with Crippen LogP contribution in [0.2, 0.25) is 5.02 Å². The van der Waals surface area contributed by atoms with Crippen LogP contribution >= 0.6 is 11.6 Å². The first-order valence-electron chi connectivity index (χ1n) is 4.20. The van der Waals surface area contributed by atoms with Crippen LogP contribution in [0.4, 0.5) is 0 Å². The highest BCUT2D eigenvalue weighted by Crippen LogP contribution is 2.21. The highest BCUT2D eigenvalue weighted by atomic mass is 35.5. The molecule has 5 heteroatoms. The quantitative estimate of drug-likeness (QED) is 0.763. The van der Waals surface area contributed by atoms with E-state index in [0.717, 1.165) is 17.0 Å². The first kappa shape index (κ1) is 9.43. The van der Waals surface area contributed by atoms with Crippen molar-refractivity contribution in [2.75, 3.05) is 7.11 Å². The Morgan fingerprint density at radius 3 is 3.07 bits per heavy atom. The van der Waals surface area contributed by atoms with Gasteiger partial charge in [0.05, 0.1) is 5.02 Å². The lowest BCUT2D eigenvalue weighted by molar-refractivity contribution is 0.132. The number of hydrogen-bond donors (Lipinski definition) is 0. The number of fused-ring (bicyclic) bond motifs is 1. The van der Waals surface area contributed by atoms with Crippen molar-refractivity contribution in [3.63, 3.8) is 0 Å². The molecule has 74 valence electrons. The fourth-order valence-electron chi connectivity index (χ4n) is 1.38. The van der Waals surface area contributed by atoms with Gasteiger partial charge < -0.3 is 4.74 Å². The zero-order valence-corrected chi connectivity index (χ0v) is 8.75. The first-order valence-corrected chi connectivity index (χ1v) is 4.58. The molecule has 0 aliphatic carbocycles. The third-order valence-corrected chi connectivity index (χ3v) is 2.34. The summed E-state index contributed by atoms with van der Waals surface area (Å²) in [5.74, 6) is 0.849. The number of hydrogen-bond acceptors (Lipinski definition) is 3. The molecule has 0 saturated heterocycles. The van der Waals surface area contributed by atoms with Crippen LogP contribution in [-0.2, 0) is 11.5 Å². The monoisotopic (exact) mass is 211 g/mol. The minimum absolute atomic E-state index is 0.440. The van der Waals surface area contributed by atoms with E-state index in [1.165, 1.54) is 0 Å². The van der Waals surface area contributed by atoms with Gasteiger partial charge in [-0.05, 0) is 13.0 Å². The van der Waals surface area contributed by atoms with Gasteiger partial charge in [0, 0.05) is 13.3 Å². The van der Waals surface area contributed by atoms with Crippen molar-refractivity contribution in [1.29, 1.82) is 0 Å². The van der Waals surface area contributed by atoms with Gasteiger partial charge in [-0.2, -0.15) is 0 Å². The van der Waals surface area contributed by atoms with E-state index in [1.54, 1.807) is 19.4 Å². The summed E-state index contributed by atoms with van der Waals surface area (Å²) in [4.78, 5) is 8.54. The molecule has 0 spiro atoms. The van der Waals surface area contributed by atoms with Crippen LogP contribution in [0.5, 0.6) is 0 Å². The van der Waals surface area contributed by atoms with Crippen molar-refractivity contribution in [2.45, 2.75) is 13.7 Å². The highest BCUT2D eigenvalue weighted by molar-refractivity contribution is 6.34. The number of nitrogens with zero attached hydrogens (tertiary/aromatic N) is 3. The molecule has 2 aromatic heterocycles. The number of imidazole rings is 1. The number of methoxy groups -OCH3 is 1. The Balaban J connectivity index is 2.70. The summed E-state index contributed by atoms with van der Waals surface area (Å²) in [7, 11) is 1.63. The average Bonchev–Trinajstić information content (AvgIpc) is 2.47. The Morgan fingerprint density at radius 2 is 2.36 bits per heavy atom. The predicted octanol–water partition coefficient (Wildman–Crippen LogP) is 2.00. The Kier molecular flexibility index (Phi) is 2.39. The molecule has 0 atom stereocenters. The van der Waals surface area contributed by atoms with Crippen LogP contribution in [0.25, 0.3) is 11.2 Å². The predicted molar refractivity (Wildman–Crippen MR) is 54.3 cm³/mol. The molecule has 2 rings (SSSR count). The lowest BCUT2D eigenvalue weighted by Crippen LogP contribution is -2.02. The minimum atomic E-state index is 0.440. The number of halogens is 1. The van der Waals surface area contributed by atoms with Crippen molar-refractivity contribution in [3.05, 3.63) is 23.1 Å². The molecule has 0 unspecified atom stereocenters. The van der Waals surface area contributed by atoms with E-state index in [2.05, 4.69) is 9.97 Å². The number of rotatable bonds is 2. The van der Waals surface area contributed by atoms with Gasteiger partial charge in [-0.25, -0.2) is 9.97 Å². The second-order valence-corrected chi connectivity index (χ2v) is 3.38. The molecule has 4 nitrogen and oxygen atoms in total. The maximum Gasteiger partial charge on any atom is 0.163 e. The smallest absolute Gasteiger partial charge is 0.163 e. The Morgan fingerprint density at radius 1 is 1.57 bits per heavy atom. The van der Waals surface area contributed by atoms with Gasteiger partial charge in [0.25, 0.3) is 0 Å². The maximum atomic E-state index is 5.99. The highest BCUT2D eigenvalue weighted by Gasteiger charge is 2.10. The SMILES string of the molecule is COCn1c(C)nc2c(Cl)ccnc21. The maximum absolute atomic E-state index is 5.99. The number of aromatic nitrogens is 3. The number of pyridine rings is 1. The van der Waals surface area contributed by atoms with Crippen LogP contribution in [0.1, 0.15) is 5.82 Å². The molecular weight excluding hydrogens is 202 g/mol. The molecule has 0 aliphatic rings. The normalized spacial score (nSPS) is 11.1. The van der Waals surface area contributed by atoms with Gasteiger partial charge in [0.15, 0.2) is 5.65 Å². The summed E-state index contributed by atoms with van der Waals surface area (Å²) in [5.41, 5.74) is 1.49. The third kappa shape index (κ3) is 1.36. The lowest BCUT2D eigenvalue weighted by atomic mass is 10.4. The number of aryl methyl sites for hydroxylation is 1. The van der Waals surface area contributed by atoms with Crippen molar-refractivity contribution in [3.8, 4) is 0 Å². The van der Waals surface area contributed by atoms with Crippen molar-refractivity contribution in [2.24, 2.45) is 0 Å². The zero-order chi connectivity index (χ0) is 10.1. The summed E-state index contributed by atoms with van der Waals surface area (Å²) >= 11 is 5.99. The van der Waals surface area contributed by atoms with Gasteiger partial charge in [-0.1, -0.05) is 11.6 Å². The summed E-state index contributed by atoms with van der Waals surface area (Å²) in [6, 6.07) is 1.73. The van der Waals surface area contributed by atoms with E-state index in [-0.39, 0.29) is 0 Å². The van der Waals surface area contributed by atoms with Gasteiger partial charge in [-0.3, -0.25) is 4.57 Å². The van der Waals surface area contributed by atoms with Crippen LogP contribution in [0.15, 0.2) is 12.3 Å². The average molecular weight is 212 g/mol. The molecule has 2 heterocycles. The molecule has 0 bridgehead atoms. The molecule has 0 amide bonds. The molecule has 2 aromatic rings. The lowest BCUT2D eigenvalue weighted by Gasteiger charge is -2.02. The Hall–Kier alpha value is -1.13. The van der Waals surface area contributed by atoms with E-state index in [4.69, 9.17) is 16.3 Å². The first-order chi connectivity index (χ1) is 6.74. The van der Waals surface area contributed by atoms with Gasteiger partial charge in [0.1, 0.15) is 18.1 Å². The standard InChI is InChI=1S/C9H10ClN3O/c1-6-12-8-7(10)3-4-11-9(8)13(6)5-14-2/h3-4H,5H2,1-2H3. The Bertz CT molecular complexity index is 466. The zero-order valence-electron chi connectivity index (χ0n) is 7.99. The van der Waals surface area contributed by atoms with Crippen molar-refractivity contribution < 1.29 is 4.74 Å². The fourth-order valence-corrected chi connectivity index (χ4v) is 1.56. The largest absolute Gasteiger partial charge is 0.364 e. The van der Waals surface area contributed by atoms with E-state index >= 15 is 0 Å². The minimum Gasteiger partial charge on any atom is -0.364 e. The fraction of sp³-hybridized carbons (Fsp3) is 0.333. The van der Waals surface area contributed by atoms with E-state index in [9.17, 15) is 0 Å². The van der Waals surface area contributed by atoms with Gasteiger partial charge >= 0.3 is 0 Å². The second kappa shape index (κ2) is 3.55. The molecular formula is C9H10ClN3O. The van der Waals surface area contributed by atoms with Gasteiger partial charge in [0.2, 0.25) is 0 Å². The topological polar surface area (TPSA) is 39.9 Å². The summed E-state index contributed by atoms with van der Waals surface area (Å²) in [6.07, 6.45) is 1.66. The molecule has 0 radical (unpaired) electrons. The molecule has 14 heavy (non-hydrogen) atoms. The summed E-state index contributed by atoms with van der Waals surface area (Å²) < 4.78 is 6.93. The van der Waals surface area contributed by atoms with Crippen LogP contribution in [-0.4, -0.2) is 21.6 Å². The van der Waals surface area contributed by atoms with E-state index in [0.29, 0.717) is 11.8 Å². The molecule has 0 fully saturated rings. The van der Waals surface area contributed by atoms with Crippen LogP contribution < -0.4 is 0 Å². The Labute approximate surface area is 86.5 Å². The van der Waals surface area contributed by atoms with Gasteiger partial charge in [-0.15, -0.1) is 0 Å². The molecule has 0 N–H and O–H groups in total. The summed E-state index contributed by atoms with van der Waals surface area (Å²) in [5, 5.41) is 0.618. The molecule has 0 saturated carbocycles. The van der Waals surface area contributed by atoms with Crippen molar-refractivity contribution >= 4 is 22.8 Å². The molecule has 0 aliphatic heterocycles. The van der Waals surface area contributed by atoms with Crippen LogP contribution in [0, 0.1) is 6.92 Å². The number of ether oxygens (including phenoxy) is 1. The summed E-state index contributed by atoms with van der Waals surface area (Å²) in [6.45, 7) is 2.34. The van der Waals surface area contributed by atoms with E-state index < -0.39 is 0 Å². The van der Waals surface area contributed by atoms with Crippen molar-refractivity contribution in [1.82, 2.24) is 14.5 Å².